The molecule has 0 fully saturated rings. The van der Waals surface area contributed by atoms with Crippen molar-refractivity contribution >= 4 is 44.0 Å². The molecule has 2 rings (SSSR count). The van der Waals surface area contributed by atoms with Gasteiger partial charge in [0.05, 0.1) is 11.4 Å². The Morgan fingerprint density at radius 1 is 1.33 bits per heavy atom. The van der Waals surface area contributed by atoms with Crippen molar-refractivity contribution in [3.63, 3.8) is 0 Å². The highest BCUT2D eigenvalue weighted by Gasteiger charge is 2.18. The van der Waals surface area contributed by atoms with Crippen LogP contribution >= 0.6 is 23.1 Å². The van der Waals surface area contributed by atoms with E-state index in [0.717, 1.165) is 14.4 Å². The highest BCUT2D eigenvalue weighted by Crippen LogP contribution is 2.25. The smallest absolute Gasteiger partial charge is 0.242 e. The standard InChI is InChI=1S/C14H18N4O3S3/c1-4-22-14-17-16-13(23-14)15-9-12(19)10-6-5-7-11(8-10)24(20,21)18(2)3/h5-8H,4,9H2,1-3H3,(H,15,16). The van der Waals surface area contributed by atoms with Crippen LogP contribution in [0.4, 0.5) is 5.13 Å². The Bertz CT molecular complexity index is 818. The summed E-state index contributed by atoms with van der Waals surface area (Å²) in [5, 5.41) is 11.4. The number of Topliss-reactive ketones (excluding diaryl/α,β-unsaturated/α-hetero) is 1. The number of anilines is 1. The van der Waals surface area contributed by atoms with Crippen LogP contribution < -0.4 is 5.32 Å². The van der Waals surface area contributed by atoms with Gasteiger partial charge in [-0.2, -0.15) is 0 Å². The number of hydrogen-bond donors (Lipinski definition) is 1. The maximum atomic E-state index is 12.3. The minimum atomic E-state index is -3.57. The molecule has 7 nitrogen and oxygen atoms in total. The van der Waals surface area contributed by atoms with Crippen LogP contribution in [0.2, 0.25) is 0 Å². The van der Waals surface area contributed by atoms with Gasteiger partial charge < -0.3 is 5.32 Å². The van der Waals surface area contributed by atoms with Gasteiger partial charge in [-0.3, -0.25) is 4.79 Å². The molecule has 0 atom stereocenters. The van der Waals surface area contributed by atoms with E-state index in [0.29, 0.717) is 10.7 Å². The van der Waals surface area contributed by atoms with Crippen molar-refractivity contribution in [3.05, 3.63) is 29.8 Å². The molecule has 24 heavy (non-hydrogen) atoms. The maximum Gasteiger partial charge on any atom is 0.242 e. The fourth-order valence-corrected chi connectivity index (χ4v) is 4.35. The van der Waals surface area contributed by atoms with Crippen LogP contribution in [-0.4, -0.2) is 55.1 Å². The van der Waals surface area contributed by atoms with Crippen LogP contribution in [0.15, 0.2) is 33.5 Å². The first kappa shape index (κ1) is 18.8. The summed E-state index contributed by atoms with van der Waals surface area (Å²) in [5.41, 5.74) is 0.332. The van der Waals surface area contributed by atoms with E-state index in [1.54, 1.807) is 23.9 Å². The Labute approximate surface area is 149 Å². The van der Waals surface area contributed by atoms with Crippen LogP contribution in [0.5, 0.6) is 0 Å². The molecule has 0 aliphatic rings. The van der Waals surface area contributed by atoms with E-state index in [4.69, 9.17) is 0 Å². The summed E-state index contributed by atoms with van der Waals surface area (Å²) in [4.78, 5) is 12.4. The van der Waals surface area contributed by atoms with Crippen molar-refractivity contribution in [1.82, 2.24) is 14.5 Å². The number of hydrogen-bond acceptors (Lipinski definition) is 8. The van der Waals surface area contributed by atoms with E-state index in [9.17, 15) is 13.2 Å². The summed E-state index contributed by atoms with van der Waals surface area (Å²) in [6.07, 6.45) is 0. The van der Waals surface area contributed by atoms with Gasteiger partial charge in [-0.25, -0.2) is 12.7 Å². The van der Waals surface area contributed by atoms with E-state index in [1.807, 2.05) is 6.92 Å². The summed E-state index contributed by atoms with van der Waals surface area (Å²) in [7, 11) is -0.663. The molecule has 2 aromatic rings. The predicted molar refractivity (Wildman–Crippen MR) is 96.4 cm³/mol. The summed E-state index contributed by atoms with van der Waals surface area (Å²) in [6, 6.07) is 6.01. The summed E-state index contributed by atoms with van der Waals surface area (Å²) in [5.74, 6) is 0.687. The fraction of sp³-hybridized carbons (Fsp3) is 0.357. The Morgan fingerprint density at radius 3 is 2.75 bits per heavy atom. The molecule has 0 bridgehead atoms. The molecule has 0 saturated carbocycles. The molecule has 0 radical (unpaired) electrons. The van der Waals surface area contributed by atoms with Gasteiger partial charge in [-0.15, -0.1) is 10.2 Å². The lowest BCUT2D eigenvalue weighted by atomic mass is 10.1. The number of sulfonamides is 1. The number of nitrogens with one attached hydrogen (secondary N) is 1. The van der Waals surface area contributed by atoms with Gasteiger partial charge >= 0.3 is 0 Å². The molecule has 1 aromatic heterocycles. The van der Waals surface area contributed by atoms with Gasteiger partial charge in [0, 0.05) is 19.7 Å². The van der Waals surface area contributed by atoms with Crippen LogP contribution in [0.1, 0.15) is 17.3 Å². The Balaban J connectivity index is 2.07. The molecule has 1 heterocycles. The lowest BCUT2D eigenvalue weighted by Crippen LogP contribution is -2.22. The number of benzene rings is 1. The molecule has 0 unspecified atom stereocenters. The highest BCUT2D eigenvalue weighted by molar-refractivity contribution is 8.01. The van der Waals surface area contributed by atoms with E-state index in [-0.39, 0.29) is 17.2 Å². The van der Waals surface area contributed by atoms with Gasteiger partial charge in [0.1, 0.15) is 0 Å². The molecule has 10 heteroatoms. The third-order valence-electron chi connectivity index (χ3n) is 3.01. The number of ketones is 1. The van der Waals surface area contributed by atoms with Crippen LogP contribution in [-0.2, 0) is 10.0 Å². The summed E-state index contributed by atoms with van der Waals surface area (Å²) in [6.45, 7) is 2.05. The third-order valence-corrected chi connectivity index (χ3v) is 6.72. The van der Waals surface area contributed by atoms with Gasteiger partial charge in [0.2, 0.25) is 15.2 Å². The minimum Gasteiger partial charge on any atom is -0.353 e. The van der Waals surface area contributed by atoms with Crippen molar-refractivity contribution in [2.45, 2.75) is 16.2 Å². The topological polar surface area (TPSA) is 92.3 Å². The summed E-state index contributed by atoms with van der Waals surface area (Å²) >= 11 is 2.96. The van der Waals surface area contributed by atoms with E-state index in [1.165, 1.54) is 37.6 Å². The van der Waals surface area contributed by atoms with E-state index >= 15 is 0 Å². The highest BCUT2D eigenvalue weighted by atomic mass is 32.2. The molecule has 1 aromatic carbocycles. The number of nitrogens with zero attached hydrogens (tertiary/aromatic N) is 3. The maximum absolute atomic E-state index is 12.3. The molecule has 130 valence electrons. The normalized spacial score (nSPS) is 11.7. The van der Waals surface area contributed by atoms with Gasteiger partial charge in [-0.1, -0.05) is 42.2 Å². The van der Waals surface area contributed by atoms with Crippen molar-refractivity contribution in [3.8, 4) is 0 Å². The van der Waals surface area contributed by atoms with Crippen molar-refractivity contribution in [2.24, 2.45) is 0 Å². The van der Waals surface area contributed by atoms with Crippen LogP contribution in [0, 0.1) is 0 Å². The average Bonchev–Trinajstić information content (AvgIpc) is 3.00. The van der Waals surface area contributed by atoms with Crippen LogP contribution in [0.3, 0.4) is 0 Å². The second-order valence-electron chi connectivity index (χ2n) is 4.90. The zero-order chi connectivity index (χ0) is 17.7. The zero-order valence-corrected chi connectivity index (χ0v) is 16.0. The number of thioether (sulfide) groups is 1. The van der Waals surface area contributed by atoms with Crippen LogP contribution in [0.25, 0.3) is 0 Å². The molecule has 0 amide bonds. The Morgan fingerprint density at radius 2 is 2.08 bits per heavy atom. The van der Waals surface area contributed by atoms with E-state index < -0.39 is 10.0 Å². The second-order valence-corrected chi connectivity index (χ2v) is 9.54. The van der Waals surface area contributed by atoms with E-state index in [2.05, 4.69) is 15.5 Å². The van der Waals surface area contributed by atoms with Gasteiger partial charge in [0.15, 0.2) is 10.1 Å². The molecule has 0 aliphatic heterocycles. The molecular weight excluding hydrogens is 368 g/mol. The van der Waals surface area contributed by atoms with Crippen molar-refractivity contribution < 1.29 is 13.2 Å². The zero-order valence-electron chi connectivity index (χ0n) is 13.5. The molecule has 0 saturated heterocycles. The quantitative estimate of drug-likeness (QED) is 0.549. The number of aromatic nitrogens is 2. The Hall–Kier alpha value is -1.49. The van der Waals surface area contributed by atoms with Gasteiger partial charge in [-0.05, 0) is 17.9 Å². The first-order valence-corrected chi connectivity index (χ1v) is 10.3. The monoisotopic (exact) mass is 386 g/mol. The SMILES string of the molecule is CCSc1nnc(NCC(=O)c2cccc(S(=O)(=O)N(C)C)c2)s1. The molecule has 0 aliphatic carbocycles. The first-order chi connectivity index (χ1) is 11.3. The second kappa shape index (κ2) is 8.06. The Kier molecular flexibility index (Phi) is 6.33. The predicted octanol–water partition coefficient (Wildman–Crippen LogP) is 2.20. The molecular formula is C14H18N4O3S3. The number of carbonyl (C=O) groups excluding carboxylic acids is 1. The first-order valence-electron chi connectivity index (χ1n) is 7.10. The molecule has 0 spiro atoms. The number of carbonyl (C=O) groups is 1. The lowest BCUT2D eigenvalue weighted by Gasteiger charge is -2.12. The van der Waals surface area contributed by atoms with Gasteiger partial charge in [0.25, 0.3) is 0 Å². The fourth-order valence-electron chi connectivity index (χ4n) is 1.76. The minimum absolute atomic E-state index is 0.0247. The third kappa shape index (κ3) is 4.53. The number of rotatable bonds is 8. The van der Waals surface area contributed by atoms with Crippen molar-refractivity contribution in [1.29, 1.82) is 0 Å². The van der Waals surface area contributed by atoms with Crippen molar-refractivity contribution in [2.75, 3.05) is 31.7 Å². The largest absolute Gasteiger partial charge is 0.353 e. The lowest BCUT2D eigenvalue weighted by molar-refractivity contribution is 0.101. The molecule has 1 N–H and O–H groups in total. The average molecular weight is 387 g/mol. The summed E-state index contributed by atoms with van der Waals surface area (Å²) < 4.78 is 26.2.